The molecule has 0 spiro atoms. The number of nitrogens with zero attached hydrogens (tertiary/aromatic N) is 4. The Morgan fingerprint density at radius 1 is 1.14 bits per heavy atom. The summed E-state index contributed by atoms with van der Waals surface area (Å²) in [4.78, 5) is 13.7. The Morgan fingerprint density at radius 3 is 2.33 bits per heavy atom. The standard InChI is InChI=1S/C17H32N4/c1-8-10-11-14(4)21(13(3)9-2)17-16(20(6)7)12-18-15(5)19-17/h12-14H,8-11H2,1-7H3. The van der Waals surface area contributed by atoms with Crippen LogP contribution in [0.15, 0.2) is 6.20 Å². The van der Waals surface area contributed by atoms with Crippen LogP contribution in [-0.2, 0) is 0 Å². The van der Waals surface area contributed by atoms with Crippen molar-refractivity contribution in [1.29, 1.82) is 0 Å². The highest BCUT2D eigenvalue weighted by Gasteiger charge is 2.24. The molecule has 4 nitrogen and oxygen atoms in total. The Labute approximate surface area is 130 Å². The summed E-state index contributed by atoms with van der Waals surface area (Å²) in [6.07, 6.45) is 6.76. The first-order valence-electron chi connectivity index (χ1n) is 8.21. The predicted octanol–water partition coefficient (Wildman–Crippen LogP) is 4.03. The fourth-order valence-electron chi connectivity index (χ4n) is 2.64. The van der Waals surface area contributed by atoms with Crippen LogP contribution in [0.25, 0.3) is 0 Å². The van der Waals surface area contributed by atoms with Gasteiger partial charge in [0.25, 0.3) is 0 Å². The van der Waals surface area contributed by atoms with Crippen LogP contribution in [0.1, 0.15) is 59.2 Å². The summed E-state index contributed by atoms with van der Waals surface area (Å²) in [6, 6.07) is 0.970. The van der Waals surface area contributed by atoms with E-state index in [1.54, 1.807) is 0 Å². The monoisotopic (exact) mass is 292 g/mol. The quantitative estimate of drug-likeness (QED) is 0.724. The van der Waals surface area contributed by atoms with Gasteiger partial charge in [0.05, 0.1) is 11.9 Å². The van der Waals surface area contributed by atoms with Gasteiger partial charge in [0.2, 0.25) is 0 Å². The van der Waals surface area contributed by atoms with E-state index in [1.165, 1.54) is 19.3 Å². The van der Waals surface area contributed by atoms with Crippen LogP contribution in [0.2, 0.25) is 0 Å². The first-order chi connectivity index (χ1) is 9.92. The van der Waals surface area contributed by atoms with E-state index in [0.29, 0.717) is 12.1 Å². The largest absolute Gasteiger partial charge is 0.373 e. The lowest BCUT2D eigenvalue weighted by Crippen LogP contribution is -2.41. The van der Waals surface area contributed by atoms with E-state index in [2.05, 4.69) is 56.6 Å². The van der Waals surface area contributed by atoms with E-state index in [0.717, 1.165) is 23.8 Å². The molecule has 4 heteroatoms. The van der Waals surface area contributed by atoms with Crippen molar-refractivity contribution in [2.45, 2.75) is 72.4 Å². The van der Waals surface area contributed by atoms with Crippen LogP contribution in [0.4, 0.5) is 11.5 Å². The van der Waals surface area contributed by atoms with Gasteiger partial charge in [-0.3, -0.25) is 0 Å². The van der Waals surface area contributed by atoms with Gasteiger partial charge in [0.1, 0.15) is 5.82 Å². The molecule has 2 atom stereocenters. The van der Waals surface area contributed by atoms with Crippen molar-refractivity contribution in [3.63, 3.8) is 0 Å². The zero-order valence-corrected chi connectivity index (χ0v) is 14.8. The maximum absolute atomic E-state index is 4.77. The zero-order chi connectivity index (χ0) is 16.0. The van der Waals surface area contributed by atoms with Gasteiger partial charge in [-0.25, -0.2) is 9.97 Å². The Balaban J connectivity index is 3.21. The summed E-state index contributed by atoms with van der Waals surface area (Å²) >= 11 is 0. The second kappa shape index (κ2) is 8.20. The SMILES string of the molecule is CCCCC(C)N(c1nc(C)ncc1N(C)C)C(C)CC. The lowest BCUT2D eigenvalue weighted by Gasteiger charge is -2.37. The lowest BCUT2D eigenvalue weighted by molar-refractivity contribution is 0.493. The summed E-state index contributed by atoms with van der Waals surface area (Å²) in [5.74, 6) is 1.91. The predicted molar refractivity (Wildman–Crippen MR) is 92.3 cm³/mol. The summed E-state index contributed by atoms with van der Waals surface area (Å²) in [5.41, 5.74) is 1.10. The number of rotatable bonds is 8. The number of anilines is 2. The average Bonchev–Trinajstić information content (AvgIpc) is 2.44. The molecular weight excluding hydrogens is 260 g/mol. The van der Waals surface area contributed by atoms with Crippen molar-refractivity contribution < 1.29 is 0 Å². The second-order valence-electron chi connectivity index (χ2n) is 6.18. The molecule has 0 aliphatic carbocycles. The van der Waals surface area contributed by atoms with Crippen LogP contribution >= 0.6 is 0 Å². The Morgan fingerprint density at radius 2 is 1.81 bits per heavy atom. The molecule has 2 unspecified atom stereocenters. The molecule has 0 aromatic carbocycles. The molecular formula is C17H32N4. The summed E-state index contributed by atoms with van der Waals surface area (Å²) in [7, 11) is 4.12. The molecule has 1 aromatic heterocycles. The van der Waals surface area contributed by atoms with Crippen LogP contribution in [0.5, 0.6) is 0 Å². The smallest absolute Gasteiger partial charge is 0.156 e. The van der Waals surface area contributed by atoms with E-state index >= 15 is 0 Å². The van der Waals surface area contributed by atoms with Gasteiger partial charge in [-0.05, 0) is 33.6 Å². The molecule has 21 heavy (non-hydrogen) atoms. The van der Waals surface area contributed by atoms with Gasteiger partial charge in [0.15, 0.2) is 5.82 Å². The van der Waals surface area contributed by atoms with Gasteiger partial charge in [-0.1, -0.05) is 26.7 Å². The number of aromatic nitrogens is 2. The highest BCUT2D eigenvalue weighted by Crippen LogP contribution is 2.30. The number of hydrogen-bond donors (Lipinski definition) is 0. The maximum Gasteiger partial charge on any atom is 0.156 e. The molecule has 120 valence electrons. The van der Waals surface area contributed by atoms with E-state index in [1.807, 2.05) is 13.1 Å². The van der Waals surface area contributed by atoms with Crippen LogP contribution in [-0.4, -0.2) is 36.1 Å². The minimum absolute atomic E-state index is 0.477. The van der Waals surface area contributed by atoms with Crippen molar-refractivity contribution in [3.8, 4) is 0 Å². The van der Waals surface area contributed by atoms with E-state index in [4.69, 9.17) is 4.98 Å². The molecule has 1 heterocycles. The molecule has 1 aromatic rings. The lowest BCUT2D eigenvalue weighted by atomic mass is 10.1. The summed E-state index contributed by atoms with van der Waals surface area (Å²) in [5, 5.41) is 0. The molecule has 0 saturated carbocycles. The van der Waals surface area contributed by atoms with Crippen LogP contribution in [0, 0.1) is 6.92 Å². The van der Waals surface area contributed by atoms with Crippen molar-refractivity contribution in [3.05, 3.63) is 12.0 Å². The first kappa shape index (κ1) is 17.7. The third-order valence-electron chi connectivity index (χ3n) is 4.11. The van der Waals surface area contributed by atoms with Crippen molar-refractivity contribution in [1.82, 2.24) is 9.97 Å². The third kappa shape index (κ3) is 4.58. The molecule has 0 aliphatic heterocycles. The van der Waals surface area contributed by atoms with Gasteiger partial charge in [-0.2, -0.15) is 0 Å². The Hall–Kier alpha value is -1.32. The molecule has 0 saturated heterocycles. The zero-order valence-electron chi connectivity index (χ0n) is 14.8. The molecule has 0 amide bonds. The number of unbranched alkanes of at least 4 members (excludes halogenated alkanes) is 1. The van der Waals surface area contributed by atoms with Gasteiger partial charge >= 0.3 is 0 Å². The van der Waals surface area contributed by atoms with Crippen LogP contribution in [0.3, 0.4) is 0 Å². The summed E-state index contributed by atoms with van der Waals surface area (Å²) in [6.45, 7) is 11.1. The van der Waals surface area contributed by atoms with E-state index in [-0.39, 0.29) is 0 Å². The maximum atomic E-state index is 4.77. The fourth-order valence-corrected chi connectivity index (χ4v) is 2.64. The van der Waals surface area contributed by atoms with E-state index in [9.17, 15) is 0 Å². The molecule has 1 rings (SSSR count). The average molecular weight is 292 g/mol. The molecule has 0 N–H and O–H groups in total. The van der Waals surface area contributed by atoms with Gasteiger partial charge in [-0.15, -0.1) is 0 Å². The van der Waals surface area contributed by atoms with Crippen molar-refractivity contribution in [2.24, 2.45) is 0 Å². The second-order valence-corrected chi connectivity index (χ2v) is 6.18. The number of hydrogen-bond acceptors (Lipinski definition) is 4. The molecule has 0 radical (unpaired) electrons. The molecule has 0 fully saturated rings. The van der Waals surface area contributed by atoms with Crippen molar-refractivity contribution >= 4 is 11.5 Å². The van der Waals surface area contributed by atoms with Gasteiger partial charge in [0, 0.05) is 26.2 Å². The summed E-state index contributed by atoms with van der Waals surface area (Å²) < 4.78 is 0. The van der Waals surface area contributed by atoms with Crippen LogP contribution < -0.4 is 9.80 Å². The highest BCUT2D eigenvalue weighted by molar-refractivity contribution is 5.66. The molecule has 0 bridgehead atoms. The normalized spacial score (nSPS) is 13.9. The fraction of sp³-hybridized carbons (Fsp3) is 0.765. The Bertz CT molecular complexity index is 431. The molecule has 0 aliphatic rings. The van der Waals surface area contributed by atoms with Gasteiger partial charge < -0.3 is 9.80 Å². The third-order valence-corrected chi connectivity index (χ3v) is 4.11. The minimum atomic E-state index is 0.477. The highest BCUT2D eigenvalue weighted by atomic mass is 15.3. The number of aryl methyl sites for hydroxylation is 1. The first-order valence-corrected chi connectivity index (χ1v) is 8.21. The van der Waals surface area contributed by atoms with E-state index < -0.39 is 0 Å². The Kier molecular flexibility index (Phi) is 6.93. The minimum Gasteiger partial charge on any atom is -0.373 e. The topological polar surface area (TPSA) is 32.3 Å². The van der Waals surface area contributed by atoms with Crippen molar-refractivity contribution in [2.75, 3.05) is 23.9 Å².